The van der Waals surface area contributed by atoms with Crippen LogP contribution in [0.5, 0.6) is 0 Å². The molecule has 5 rings (SSSR count). The maximum Gasteiger partial charge on any atom is 0.350 e. The molecule has 1 saturated heterocycles. The molecule has 3 heterocycles. The average molecular weight is 552 g/mol. The number of aliphatic carboxylic acids is 2. The molecule has 0 radical (unpaired) electrons. The summed E-state index contributed by atoms with van der Waals surface area (Å²) in [4.78, 5) is 38.4. The lowest BCUT2D eigenvalue weighted by Gasteiger charge is -2.32. The number of fused-ring (bicyclic) bond motifs is 3. The van der Waals surface area contributed by atoms with Crippen molar-refractivity contribution in [3.8, 4) is 5.69 Å². The highest BCUT2D eigenvalue weighted by Crippen LogP contribution is 2.42. The highest BCUT2D eigenvalue weighted by molar-refractivity contribution is 7.99. The summed E-state index contributed by atoms with van der Waals surface area (Å²) in [5.74, 6) is -1.66. The molecular formula is C28H33N5O5S. The molecule has 206 valence electrons. The van der Waals surface area contributed by atoms with E-state index in [9.17, 15) is 14.4 Å². The van der Waals surface area contributed by atoms with E-state index in [0.717, 1.165) is 62.0 Å². The first kappa shape index (κ1) is 28.3. The van der Waals surface area contributed by atoms with Crippen LogP contribution in [0.25, 0.3) is 5.69 Å². The van der Waals surface area contributed by atoms with Crippen molar-refractivity contribution in [3.05, 3.63) is 88.6 Å². The van der Waals surface area contributed by atoms with Crippen LogP contribution >= 0.6 is 11.8 Å². The molecule has 2 aliphatic heterocycles. The number of carbonyl (C=O) groups is 2. The summed E-state index contributed by atoms with van der Waals surface area (Å²) in [5.41, 5.74) is 2.21. The van der Waals surface area contributed by atoms with E-state index in [4.69, 9.17) is 15.3 Å². The van der Waals surface area contributed by atoms with Crippen LogP contribution < -0.4 is 5.69 Å². The summed E-state index contributed by atoms with van der Waals surface area (Å²) in [7, 11) is 2.17. The van der Waals surface area contributed by atoms with Crippen LogP contribution in [0.2, 0.25) is 0 Å². The third-order valence-corrected chi connectivity index (χ3v) is 7.95. The largest absolute Gasteiger partial charge is 0.478 e. The SMILES string of the molecule is CN1CCN(CCCn2nc3n(c2=O)-c2ccccc2SC(c2ccccc2)C3)CC1.O=C(O)/C=C/C(=O)O. The number of likely N-dealkylation sites (N-methyl/N-ethyl adjacent to an activating group) is 1. The molecule has 0 saturated carbocycles. The van der Waals surface area contributed by atoms with Crippen LogP contribution in [-0.4, -0.2) is 86.1 Å². The molecule has 0 bridgehead atoms. The van der Waals surface area contributed by atoms with E-state index >= 15 is 0 Å². The highest BCUT2D eigenvalue weighted by Gasteiger charge is 2.27. The van der Waals surface area contributed by atoms with Crippen LogP contribution in [0.4, 0.5) is 0 Å². The number of thioether (sulfide) groups is 1. The second-order valence-corrected chi connectivity index (χ2v) is 10.7. The van der Waals surface area contributed by atoms with E-state index in [1.807, 2.05) is 40.6 Å². The van der Waals surface area contributed by atoms with Gasteiger partial charge in [0.2, 0.25) is 0 Å². The third-order valence-electron chi connectivity index (χ3n) is 6.63. The van der Waals surface area contributed by atoms with Crippen LogP contribution in [0.1, 0.15) is 23.1 Å². The van der Waals surface area contributed by atoms with E-state index in [1.165, 1.54) is 5.56 Å². The lowest BCUT2D eigenvalue weighted by molar-refractivity contribution is -0.134. The fourth-order valence-corrected chi connectivity index (χ4v) is 5.86. The summed E-state index contributed by atoms with van der Waals surface area (Å²) in [6.07, 6.45) is 2.80. The predicted octanol–water partition coefficient (Wildman–Crippen LogP) is 2.77. The molecule has 11 heteroatoms. The number of aromatic nitrogens is 3. The number of hydrogen-bond acceptors (Lipinski definition) is 7. The Labute approximate surface area is 231 Å². The molecule has 1 atom stereocenters. The molecule has 1 unspecified atom stereocenters. The van der Waals surface area contributed by atoms with Gasteiger partial charge in [0, 0.05) is 68.0 Å². The van der Waals surface area contributed by atoms with Crippen molar-refractivity contribution in [1.82, 2.24) is 24.1 Å². The highest BCUT2D eigenvalue weighted by atomic mass is 32.2. The van der Waals surface area contributed by atoms with Crippen molar-refractivity contribution >= 4 is 23.7 Å². The summed E-state index contributed by atoms with van der Waals surface area (Å²) in [6.45, 7) is 6.13. The van der Waals surface area contributed by atoms with Crippen molar-refractivity contribution < 1.29 is 19.8 Å². The van der Waals surface area contributed by atoms with E-state index in [1.54, 1.807) is 4.68 Å². The minimum atomic E-state index is -1.26. The summed E-state index contributed by atoms with van der Waals surface area (Å²) in [5, 5.41) is 20.7. The first-order chi connectivity index (χ1) is 18.8. The number of rotatable bonds is 7. The van der Waals surface area contributed by atoms with E-state index in [2.05, 4.69) is 47.2 Å². The van der Waals surface area contributed by atoms with Gasteiger partial charge in [-0.2, -0.15) is 5.10 Å². The zero-order valence-corrected chi connectivity index (χ0v) is 22.7. The normalized spacial score (nSPS) is 17.5. The Morgan fingerprint density at radius 3 is 2.26 bits per heavy atom. The Bertz CT molecular complexity index is 1350. The van der Waals surface area contributed by atoms with Crippen LogP contribution in [-0.2, 0) is 22.6 Å². The lowest BCUT2D eigenvalue weighted by atomic mass is 10.1. The second-order valence-electron chi connectivity index (χ2n) is 9.45. The van der Waals surface area contributed by atoms with Gasteiger partial charge in [0.05, 0.1) is 5.69 Å². The minimum Gasteiger partial charge on any atom is -0.478 e. The molecule has 2 N–H and O–H groups in total. The Morgan fingerprint density at radius 2 is 1.59 bits per heavy atom. The Hall–Kier alpha value is -3.67. The Morgan fingerprint density at radius 1 is 0.949 bits per heavy atom. The van der Waals surface area contributed by atoms with Crippen molar-refractivity contribution in [2.45, 2.75) is 29.5 Å². The molecule has 2 aliphatic rings. The van der Waals surface area contributed by atoms with Crippen LogP contribution in [0.3, 0.4) is 0 Å². The quantitative estimate of drug-likeness (QED) is 0.427. The molecular weight excluding hydrogens is 518 g/mol. The molecule has 2 aromatic carbocycles. The summed E-state index contributed by atoms with van der Waals surface area (Å²) < 4.78 is 3.52. The standard InChI is InChI=1S/C24H29N5OS.C4H4O4/c1-26-14-16-27(17-15-26)12-7-13-28-24(30)29-20-10-5-6-11-21(20)31-22(18-23(29)25-28)19-8-3-2-4-9-19;5-3(6)1-2-4(7)8/h2-6,8-11,22H,7,12-18H2,1H3;1-2H,(H,5,6)(H,7,8)/b;2-1+. The second kappa shape index (κ2) is 13.4. The van der Waals surface area contributed by atoms with Crippen molar-refractivity contribution in [2.75, 3.05) is 39.8 Å². The summed E-state index contributed by atoms with van der Waals surface area (Å²) >= 11 is 1.82. The van der Waals surface area contributed by atoms with Gasteiger partial charge in [-0.15, -0.1) is 11.8 Å². The number of carboxylic acid groups (broad SMARTS) is 2. The van der Waals surface area contributed by atoms with Crippen molar-refractivity contribution in [1.29, 1.82) is 0 Å². The van der Waals surface area contributed by atoms with Gasteiger partial charge in [-0.05, 0) is 31.2 Å². The number of aryl methyl sites for hydroxylation is 1. The van der Waals surface area contributed by atoms with E-state index in [0.29, 0.717) is 18.7 Å². The first-order valence-electron chi connectivity index (χ1n) is 12.9. The minimum absolute atomic E-state index is 0.0184. The van der Waals surface area contributed by atoms with Crippen molar-refractivity contribution in [3.63, 3.8) is 0 Å². The lowest BCUT2D eigenvalue weighted by Crippen LogP contribution is -2.44. The predicted molar refractivity (Wildman–Crippen MR) is 150 cm³/mol. The van der Waals surface area contributed by atoms with Crippen molar-refractivity contribution in [2.24, 2.45) is 0 Å². The van der Waals surface area contributed by atoms with E-state index < -0.39 is 11.9 Å². The maximum absolute atomic E-state index is 13.3. The number of nitrogens with zero attached hydrogens (tertiary/aromatic N) is 5. The fraction of sp³-hybridized carbons (Fsp3) is 0.357. The van der Waals surface area contributed by atoms with Gasteiger partial charge in [0.25, 0.3) is 0 Å². The third kappa shape index (κ3) is 7.69. The van der Waals surface area contributed by atoms with Gasteiger partial charge in [-0.1, -0.05) is 42.5 Å². The monoisotopic (exact) mass is 551 g/mol. The Balaban J connectivity index is 0.000000386. The number of carboxylic acids is 2. The van der Waals surface area contributed by atoms with E-state index in [-0.39, 0.29) is 10.9 Å². The zero-order chi connectivity index (χ0) is 27.8. The molecule has 0 aliphatic carbocycles. The smallest absolute Gasteiger partial charge is 0.350 e. The topological polar surface area (TPSA) is 121 Å². The molecule has 1 fully saturated rings. The molecule has 3 aromatic rings. The summed E-state index contributed by atoms with van der Waals surface area (Å²) in [6, 6.07) is 18.7. The Kier molecular flexibility index (Phi) is 9.74. The first-order valence-corrected chi connectivity index (χ1v) is 13.7. The van der Waals surface area contributed by atoms with Gasteiger partial charge in [-0.3, -0.25) is 0 Å². The number of hydrogen-bond donors (Lipinski definition) is 2. The number of benzene rings is 2. The number of piperazine rings is 1. The average Bonchev–Trinajstić information content (AvgIpc) is 3.13. The van der Waals surface area contributed by atoms with Crippen LogP contribution in [0, 0.1) is 0 Å². The van der Waals surface area contributed by atoms with Crippen LogP contribution in [0.15, 0.2) is 76.4 Å². The van der Waals surface area contributed by atoms with Gasteiger partial charge >= 0.3 is 17.6 Å². The maximum atomic E-state index is 13.3. The molecule has 0 spiro atoms. The molecule has 10 nitrogen and oxygen atoms in total. The number of para-hydroxylation sites is 1. The van der Waals surface area contributed by atoms with Gasteiger partial charge < -0.3 is 20.0 Å². The van der Waals surface area contributed by atoms with Gasteiger partial charge in [-0.25, -0.2) is 23.6 Å². The van der Waals surface area contributed by atoms with Gasteiger partial charge in [0.15, 0.2) is 0 Å². The molecule has 1 aromatic heterocycles. The van der Waals surface area contributed by atoms with Gasteiger partial charge in [0.1, 0.15) is 5.82 Å². The molecule has 0 amide bonds. The fourth-order valence-electron chi connectivity index (χ4n) is 4.59. The zero-order valence-electron chi connectivity index (χ0n) is 21.8. The molecule has 39 heavy (non-hydrogen) atoms.